The zero-order chi connectivity index (χ0) is 10.7. The topological polar surface area (TPSA) is 9.23 Å². The van der Waals surface area contributed by atoms with Gasteiger partial charge in [0.25, 0.3) is 0 Å². The molecule has 1 radical (unpaired) electrons. The molecule has 1 aromatic carbocycles. The van der Waals surface area contributed by atoms with Crippen LogP contribution in [0.25, 0.3) is 0 Å². The van der Waals surface area contributed by atoms with Crippen LogP contribution in [0.5, 0.6) is 5.75 Å². The first-order valence-corrected chi connectivity index (χ1v) is 4.39. The van der Waals surface area contributed by atoms with Crippen LogP contribution in [0.4, 0.5) is 8.78 Å². The van der Waals surface area contributed by atoms with E-state index in [4.69, 9.17) is 0 Å². The molecule has 0 aliphatic carbocycles. The lowest BCUT2D eigenvalue weighted by atomic mass is 10.0. The smallest absolute Gasteiger partial charge is 0.387 e. The van der Waals surface area contributed by atoms with Gasteiger partial charge < -0.3 is 4.74 Å². The largest absolute Gasteiger partial charge is 0.435 e. The Balaban J connectivity index is 3.02. The van der Waals surface area contributed by atoms with Gasteiger partial charge in [-0.05, 0) is 31.4 Å². The summed E-state index contributed by atoms with van der Waals surface area (Å²) in [7, 11) is 0. The second-order valence-corrected chi connectivity index (χ2v) is 3.32. The summed E-state index contributed by atoms with van der Waals surface area (Å²) in [6.07, 6.45) is 0. The molecule has 0 saturated heterocycles. The van der Waals surface area contributed by atoms with E-state index in [1.165, 1.54) is 0 Å². The van der Waals surface area contributed by atoms with Gasteiger partial charge in [0.1, 0.15) is 5.75 Å². The molecule has 0 saturated carbocycles. The molecule has 0 spiro atoms. The van der Waals surface area contributed by atoms with Crippen molar-refractivity contribution in [3.8, 4) is 5.75 Å². The molecule has 1 aromatic rings. The van der Waals surface area contributed by atoms with Crippen molar-refractivity contribution in [3.63, 3.8) is 0 Å². The maximum Gasteiger partial charge on any atom is 0.387 e. The lowest BCUT2D eigenvalue weighted by molar-refractivity contribution is -0.0505. The van der Waals surface area contributed by atoms with Crippen LogP contribution in [0, 0.1) is 13.8 Å². The molecule has 1 rings (SSSR count). The molecule has 3 heteroatoms. The molecule has 1 unspecified atom stereocenters. The molecular weight excluding hydrogens is 186 g/mol. The number of benzene rings is 1. The summed E-state index contributed by atoms with van der Waals surface area (Å²) in [6, 6.07) is 5.11. The van der Waals surface area contributed by atoms with Gasteiger partial charge in [0, 0.05) is 0 Å². The second-order valence-electron chi connectivity index (χ2n) is 3.32. The second kappa shape index (κ2) is 4.40. The van der Waals surface area contributed by atoms with Gasteiger partial charge in [0.05, 0.1) is 0 Å². The molecule has 1 nitrogen and oxygen atoms in total. The van der Waals surface area contributed by atoms with E-state index >= 15 is 0 Å². The van der Waals surface area contributed by atoms with Gasteiger partial charge >= 0.3 is 6.61 Å². The normalized spacial score (nSPS) is 11.1. The Kier molecular flexibility index (Phi) is 3.44. The third-order valence-electron chi connectivity index (χ3n) is 1.91. The van der Waals surface area contributed by atoms with Gasteiger partial charge in [-0.3, -0.25) is 0 Å². The minimum absolute atomic E-state index is 0.0661. The van der Waals surface area contributed by atoms with E-state index in [0.717, 1.165) is 5.56 Å². The first kappa shape index (κ1) is 11.0. The molecule has 0 aromatic heterocycles. The Morgan fingerprint density at radius 1 is 1.36 bits per heavy atom. The summed E-state index contributed by atoms with van der Waals surface area (Å²) in [5.74, 6) is 0.150. The number of hydrogen-bond acceptors (Lipinski definition) is 1. The molecule has 1 atom stereocenters. The van der Waals surface area contributed by atoms with Gasteiger partial charge in [0.15, 0.2) is 0 Å². The summed E-state index contributed by atoms with van der Waals surface area (Å²) >= 11 is 0. The highest BCUT2D eigenvalue weighted by atomic mass is 19.3. The van der Waals surface area contributed by atoms with Crippen molar-refractivity contribution in [1.29, 1.82) is 0 Å². The molecular formula is C11H13F2O. The van der Waals surface area contributed by atoms with E-state index in [1.54, 1.807) is 12.1 Å². The van der Waals surface area contributed by atoms with Crippen LogP contribution in [0.3, 0.4) is 0 Å². The van der Waals surface area contributed by atoms with Gasteiger partial charge in [-0.1, -0.05) is 24.6 Å². The number of hydrogen-bond donors (Lipinski definition) is 0. The fourth-order valence-corrected chi connectivity index (χ4v) is 1.26. The van der Waals surface area contributed by atoms with E-state index < -0.39 is 6.61 Å². The monoisotopic (exact) mass is 199 g/mol. The van der Waals surface area contributed by atoms with Gasteiger partial charge in [0.2, 0.25) is 0 Å². The quantitative estimate of drug-likeness (QED) is 0.723. The molecule has 0 fully saturated rings. The van der Waals surface area contributed by atoms with Crippen molar-refractivity contribution in [2.75, 3.05) is 0 Å². The fraction of sp³-hybridized carbons (Fsp3) is 0.364. The maximum atomic E-state index is 12.0. The van der Waals surface area contributed by atoms with Crippen LogP contribution in [-0.4, -0.2) is 6.61 Å². The number of rotatable bonds is 3. The van der Waals surface area contributed by atoms with E-state index in [0.29, 0.717) is 5.56 Å². The highest BCUT2D eigenvalue weighted by Gasteiger charge is 2.11. The Morgan fingerprint density at radius 2 is 2.00 bits per heavy atom. The van der Waals surface area contributed by atoms with Gasteiger partial charge in [-0.25, -0.2) is 0 Å². The third kappa shape index (κ3) is 2.69. The number of aryl methyl sites for hydroxylation is 1. The highest BCUT2D eigenvalue weighted by molar-refractivity contribution is 5.39. The molecule has 0 N–H and O–H groups in total. The van der Waals surface area contributed by atoms with E-state index in [2.05, 4.69) is 11.7 Å². The van der Waals surface area contributed by atoms with Crippen LogP contribution in [0.1, 0.15) is 24.0 Å². The van der Waals surface area contributed by atoms with Crippen LogP contribution in [0.15, 0.2) is 18.2 Å². The van der Waals surface area contributed by atoms with Crippen LogP contribution in [-0.2, 0) is 0 Å². The van der Waals surface area contributed by atoms with Gasteiger partial charge in [-0.15, -0.1) is 0 Å². The molecule has 0 bridgehead atoms. The van der Waals surface area contributed by atoms with Crippen molar-refractivity contribution in [2.24, 2.45) is 0 Å². The Bertz CT molecular complexity index is 308. The summed E-state index contributed by atoms with van der Waals surface area (Å²) < 4.78 is 28.4. The molecule has 0 aliphatic rings. The van der Waals surface area contributed by atoms with Crippen molar-refractivity contribution in [3.05, 3.63) is 36.2 Å². The zero-order valence-corrected chi connectivity index (χ0v) is 8.26. The molecule has 0 heterocycles. The first-order valence-electron chi connectivity index (χ1n) is 4.39. The fourth-order valence-electron chi connectivity index (χ4n) is 1.26. The Labute approximate surface area is 82.7 Å². The van der Waals surface area contributed by atoms with Crippen molar-refractivity contribution < 1.29 is 13.5 Å². The van der Waals surface area contributed by atoms with Crippen LogP contribution >= 0.6 is 0 Å². The van der Waals surface area contributed by atoms with E-state index in [1.807, 2.05) is 19.9 Å². The lowest BCUT2D eigenvalue weighted by Crippen LogP contribution is -2.05. The molecule has 0 aliphatic heterocycles. The predicted molar refractivity (Wildman–Crippen MR) is 51.6 cm³/mol. The van der Waals surface area contributed by atoms with Crippen LogP contribution in [0.2, 0.25) is 0 Å². The third-order valence-corrected chi connectivity index (χ3v) is 1.91. The maximum absolute atomic E-state index is 12.0. The summed E-state index contributed by atoms with van der Waals surface area (Å²) in [5.41, 5.74) is 1.72. The minimum atomic E-state index is -2.78. The summed E-state index contributed by atoms with van der Waals surface area (Å²) in [4.78, 5) is 0. The van der Waals surface area contributed by atoms with E-state index in [-0.39, 0.29) is 11.7 Å². The number of halogens is 2. The lowest BCUT2D eigenvalue weighted by Gasteiger charge is -2.13. The number of ether oxygens (including phenoxy) is 1. The minimum Gasteiger partial charge on any atom is -0.435 e. The Morgan fingerprint density at radius 3 is 2.50 bits per heavy atom. The highest BCUT2D eigenvalue weighted by Crippen LogP contribution is 2.28. The van der Waals surface area contributed by atoms with Crippen LogP contribution < -0.4 is 4.74 Å². The molecule has 14 heavy (non-hydrogen) atoms. The van der Waals surface area contributed by atoms with Gasteiger partial charge in [-0.2, -0.15) is 8.78 Å². The summed E-state index contributed by atoms with van der Waals surface area (Å²) in [6.45, 7) is 4.75. The summed E-state index contributed by atoms with van der Waals surface area (Å²) in [5, 5.41) is 0. The Hall–Kier alpha value is -1.12. The standard InChI is InChI=1S/C11H13F2O/c1-7(2)9-6-8(3)4-5-10(9)14-11(12)13/h4-7,11H,1H2,2-3H3. The molecule has 77 valence electrons. The predicted octanol–water partition coefficient (Wildman–Crippen LogP) is 3.53. The van der Waals surface area contributed by atoms with Crippen molar-refractivity contribution >= 4 is 0 Å². The molecule has 0 amide bonds. The average molecular weight is 199 g/mol. The van der Waals surface area contributed by atoms with E-state index in [9.17, 15) is 8.78 Å². The van der Waals surface area contributed by atoms with Crippen molar-refractivity contribution in [2.45, 2.75) is 26.4 Å². The average Bonchev–Trinajstić information content (AvgIpc) is 2.07. The SMILES string of the molecule is [CH2]C(C)c1cc(C)ccc1OC(F)F. The first-order chi connectivity index (χ1) is 6.50. The zero-order valence-electron chi connectivity index (χ0n) is 8.26. The van der Waals surface area contributed by atoms with Crippen molar-refractivity contribution in [1.82, 2.24) is 0 Å². The number of alkyl halides is 2.